The number of aromatic nitrogens is 1. The van der Waals surface area contributed by atoms with E-state index in [1.165, 1.54) is 12.1 Å². The molecule has 0 aromatic carbocycles. The fourth-order valence-electron chi connectivity index (χ4n) is 1.28. The normalized spacial score (nSPS) is 10.8. The zero-order chi connectivity index (χ0) is 15.0. The van der Waals surface area contributed by atoms with Gasteiger partial charge in [0.05, 0.1) is 6.61 Å². The Kier molecular flexibility index (Phi) is 5.97. The van der Waals surface area contributed by atoms with Crippen molar-refractivity contribution in [1.82, 2.24) is 10.5 Å². The third-order valence-electron chi connectivity index (χ3n) is 2.20. The molecule has 7 nitrogen and oxygen atoms in total. The maximum atomic E-state index is 11.6. The molecule has 0 unspecified atom stereocenters. The van der Waals surface area contributed by atoms with Crippen LogP contribution in [0.25, 0.3) is 6.08 Å². The van der Waals surface area contributed by atoms with Crippen molar-refractivity contribution in [1.29, 1.82) is 5.26 Å². The van der Waals surface area contributed by atoms with Crippen molar-refractivity contribution in [2.24, 2.45) is 0 Å². The first kappa shape index (κ1) is 15.4. The maximum Gasteiger partial charge on any atom is 0.360 e. The van der Waals surface area contributed by atoms with Crippen molar-refractivity contribution in [3.05, 3.63) is 23.1 Å². The molecule has 1 aromatic rings. The van der Waals surface area contributed by atoms with Crippen LogP contribution >= 0.6 is 0 Å². The fourth-order valence-corrected chi connectivity index (χ4v) is 1.28. The molecule has 0 fully saturated rings. The van der Waals surface area contributed by atoms with Gasteiger partial charge in [-0.2, -0.15) is 5.26 Å². The number of carbonyl (C=O) groups excluding carboxylic acids is 2. The minimum atomic E-state index is -0.621. The Balaban J connectivity index is 2.84. The molecule has 7 heteroatoms. The molecule has 0 aliphatic heterocycles. The Morgan fingerprint density at radius 3 is 2.90 bits per heavy atom. The van der Waals surface area contributed by atoms with E-state index in [-0.39, 0.29) is 23.6 Å². The molecule has 0 saturated heterocycles. The van der Waals surface area contributed by atoms with Gasteiger partial charge in [0.1, 0.15) is 11.6 Å². The van der Waals surface area contributed by atoms with Crippen LogP contribution in [0.5, 0.6) is 0 Å². The van der Waals surface area contributed by atoms with Crippen LogP contribution in [0.4, 0.5) is 0 Å². The number of rotatable bonds is 6. The quantitative estimate of drug-likeness (QED) is 0.477. The Labute approximate surface area is 116 Å². The third-order valence-corrected chi connectivity index (χ3v) is 2.20. The number of amides is 1. The van der Waals surface area contributed by atoms with Crippen LogP contribution < -0.4 is 5.32 Å². The monoisotopic (exact) mass is 277 g/mol. The molecule has 20 heavy (non-hydrogen) atoms. The van der Waals surface area contributed by atoms with Gasteiger partial charge in [0.2, 0.25) is 0 Å². The minimum absolute atomic E-state index is 0.00986. The Morgan fingerprint density at radius 1 is 1.55 bits per heavy atom. The average molecular weight is 277 g/mol. The van der Waals surface area contributed by atoms with Crippen molar-refractivity contribution in [3.8, 4) is 6.07 Å². The van der Waals surface area contributed by atoms with E-state index >= 15 is 0 Å². The van der Waals surface area contributed by atoms with Crippen molar-refractivity contribution < 1.29 is 18.8 Å². The number of nitrogens with zero attached hydrogens (tertiary/aromatic N) is 2. The summed E-state index contributed by atoms with van der Waals surface area (Å²) in [7, 11) is 0. The van der Waals surface area contributed by atoms with Crippen molar-refractivity contribution >= 4 is 18.0 Å². The van der Waals surface area contributed by atoms with Crippen molar-refractivity contribution in [2.75, 3.05) is 13.2 Å². The predicted octanol–water partition coefficient (Wildman–Crippen LogP) is 1.28. The standard InChI is InChI=1S/C13H15N3O4/c1-3-5-15-12(17)9(8-14)6-10-7-11(16-20-10)13(18)19-4-2/h6-7H,3-5H2,1-2H3,(H,15,17). The summed E-state index contributed by atoms with van der Waals surface area (Å²) in [4.78, 5) is 23.0. The first-order chi connectivity index (χ1) is 9.62. The van der Waals surface area contributed by atoms with E-state index in [2.05, 4.69) is 10.5 Å². The summed E-state index contributed by atoms with van der Waals surface area (Å²) >= 11 is 0. The molecule has 1 aromatic heterocycles. The summed E-state index contributed by atoms with van der Waals surface area (Å²) in [6.45, 7) is 4.27. The number of nitriles is 1. The molecule has 0 radical (unpaired) electrons. The van der Waals surface area contributed by atoms with Crippen LogP contribution in [0.1, 0.15) is 36.5 Å². The molecule has 1 amide bonds. The maximum absolute atomic E-state index is 11.6. The topological polar surface area (TPSA) is 105 Å². The van der Waals surface area contributed by atoms with E-state index in [0.29, 0.717) is 6.54 Å². The van der Waals surface area contributed by atoms with Gasteiger partial charge in [-0.05, 0) is 13.3 Å². The first-order valence-corrected chi connectivity index (χ1v) is 6.16. The number of esters is 1. The van der Waals surface area contributed by atoms with Crippen LogP contribution in [-0.4, -0.2) is 30.2 Å². The molecule has 0 aliphatic carbocycles. The SMILES string of the molecule is CCCNC(=O)C(C#N)=Cc1cc(C(=O)OCC)no1. The first-order valence-electron chi connectivity index (χ1n) is 6.16. The van der Waals surface area contributed by atoms with E-state index in [0.717, 1.165) is 6.42 Å². The number of hydrogen-bond acceptors (Lipinski definition) is 6. The number of carbonyl (C=O) groups is 2. The van der Waals surface area contributed by atoms with E-state index < -0.39 is 11.9 Å². The molecule has 0 bridgehead atoms. The van der Waals surface area contributed by atoms with Gasteiger partial charge >= 0.3 is 5.97 Å². The molecule has 0 spiro atoms. The molecule has 106 valence electrons. The van der Waals surface area contributed by atoms with Gasteiger partial charge in [-0.15, -0.1) is 0 Å². The minimum Gasteiger partial charge on any atom is -0.461 e. The lowest BCUT2D eigenvalue weighted by Gasteiger charge is -2.00. The van der Waals surface area contributed by atoms with E-state index in [4.69, 9.17) is 14.5 Å². The van der Waals surface area contributed by atoms with Gasteiger partial charge in [-0.1, -0.05) is 12.1 Å². The van der Waals surface area contributed by atoms with E-state index in [9.17, 15) is 9.59 Å². The van der Waals surface area contributed by atoms with Crippen LogP contribution in [-0.2, 0) is 9.53 Å². The Bertz CT molecular complexity index is 554. The summed E-state index contributed by atoms with van der Waals surface area (Å²) < 4.78 is 9.61. The second-order valence-electron chi connectivity index (χ2n) is 3.76. The lowest BCUT2D eigenvalue weighted by molar-refractivity contribution is -0.117. The summed E-state index contributed by atoms with van der Waals surface area (Å²) in [5, 5.41) is 15.0. The number of nitrogens with one attached hydrogen (secondary N) is 1. The van der Waals surface area contributed by atoms with Gasteiger partial charge in [-0.3, -0.25) is 4.79 Å². The zero-order valence-corrected chi connectivity index (χ0v) is 11.3. The van der Waals surface area contributed by atoms with Crippen LogP contribution in [0.3, 0.4) is 0 Å². The molecule has 0 saturated carbocycles. The molecule has 0 aliphatic rings. The smallest absolute Gasteiger partial charge is 0.360 e. The molecular weight excluding hydrogens is 262 g/mol. The van der Waals surface area contributed by atoms with Crippen molar-refractivity contribution in [3.63, 3.8) is 0 Å². The highest BCUT2D eigenvalue weighted by molar-refractivity contribution is 6.01. The highest BCUT2D eigenvalue weighted by Crippen LogP contribution is 2.10. The Hall–Kier alpha value is -2.62. The summed E-state index contributed by atoms with van der Waals surface area (Å²) in [6.07, 6.45) is 1.99. The second-order valence-corrected chi connectivity index (χ2v) is 3.76. The van der Waals surface area contributed by atoms with Crippen LogP contribution in [0.2, 0.25) is 0 Å². The number of ether oxygens (including phenoxy) is 1. The lowest BCUT2D eigenvalue weighted by Crippen LogP contribution is -2.25. The Morgan fingerprint density at radius 2 is 2.30 bits per heavy atom. The third kappa shape index (κ3) is 4.24. The summed E-state index contributed by atoms with van der Waals surface area (Å²) in [6, 6.07) is 3.08. The second kappa shape index (κ2) is 7.74. The van der Waals surface area contributed by atoms with E-state index in [1.807, 2.05) is 6.92 Å². The van der Waals surface area contributed by atoms with Gasteiger partial charge < -0.3 is 14.6 Å². The highest BCUT2D eigenvalue weighted by atomic mass is 16.5. The average Bonchev–Trinajstić information content (AvgIpc) is 2.91. The molecule has 1 rings (SSSR count). The van der Waals surface area contributed by atoms with Crippen LogP contribution in [0.15, 0.2) is 16.2 Å². The molecular formula is C13H15N3O4. The van der Waals surface area contributed by atoms with Gasteiger partial charge in [-0.25, -0.2) is 4.79 Å². The largest absolute Gasteiger partial charge is 0.461 e. The molecule has 1 N–H and O–H groups in total. The van der Waals surface area contributed by atoms with Gasteiger partial charge in [0, 0.05) is 18.7 Å². The van der Waals surface area contributed by atoms with Gasteiger partial charge in [0.15, 0.2) is 11.5 Å². The fraction of sp³-hybridized carbons (Fsp3) is 0.385. The zero-order valence-electron chi connectivity index (χ0n) is 11.3. The van der Waals surface area contributed by atoms with Crippen LogP contribution in [0, 0.1) is 11.3 Å². The van der Waals surface area contributed by atoms with E-state index in [1.54, 1.807) is 13.0 Å². The molecule has 0 atom stereocenters. The summed E-state index contributed by atoms with van der Waals surface area (Å²) in [5.74, 6) is -0.982. The predicted molar refractivity (Wildman–Crippen MR) is 69.4 cm³/mol. The highest BCUT2D eigenvalue weighted by Gasteiger charge is 2.14. The lowest BCUT2D eigenvalue weighted by atomic mass is 10.2. The summed E-state index contributed by atoms with van der Waals surface area (Å²) in [5.41, 5.74) is -0.130. The molecule has 1 heterocycles. The van der Waals surface area contributed by atoms with Gasteiger partial charge in [0.25, 0.3) is 5.91 Å². The number of hydrogen-bond donors (Lipinski definition) is 1. The van der Waals surface area contributed by atoms with Crippen molar-refractivity contribution in [2.45, 2.75) is 20.3 Å².